The predicted molar refractivity (Wildman–Crippen MR) is 60.8 cm³/mol. The number of aryl methyl sites for hydroxylation is 1. The third-order valence-corrected chi connectivity index (χ3v) is 4.13. The van der Waals surface area contributed by atoms with E-state index in [9.17, 15) is 5.11 Å². The fraction of sp³-hybridized carbons (Fsp3) is 0.750. The van der Waals surface area contributed by atoms with Crippen LogP contribution >= 0.6 is 0 Å². The molecule has 2 fully saturated rings. The van der Waals surface area contributed by atoms with Gasteiger partial charge in [0.25, 0.3) is 0 Å². The molecule has 2 bridgehead atoms. The Morgan fingerprint density at radius 3 is 2.62 bits per heavy atom. The lowest BCUT2D eigenvalue weighted by atomic mass is 10.00. The van der Waals surface area contributed by atoms with Gasteiger partial charge in [-0.1, -0.05) is 0 Å². The first-order chi connectivity index (χ1) is 7.74. The Kier molecular flexibility index (Phi) is 2.48. The van der Waals surface area contributed by atoms with Gasteiger partial charge in [-0.3, -0.25) is 9.58 Å². The number of hydrogen-bond donors (Lipinski definition) is 1. The molecular formula is C12H19N3O. The van der Waals surface area contributed by atoms with Crippen molar-refractivity contribution in [2.24, 2.45) is 7.05 Å². The van der Waals surface area contributed by atoms with Gasteiger partial charge in [0.15, 0.2) is 0 Å². The molecule has 0 radical (unpaired) electrons. The van der Waals surface area contributed by atoms with Crippen molar-refractivity contribution in [1.82, 2.24) is 14.7 Å². The highest BCUT2D eigenvalue weighted by Gasteiger charge is 2.40. The van der Waals surface area contributed by atoms with E-state index >= 15 is 0 Å². The van der Waals surface area contributed by atoms with Crippen LogP contribution in [0.25, 0.3) is 0 Å². The Balaban J connectivity index is 1.75. The Bertz CT molecular complexity index is 362. The lowest BCUT2D eigenvalue weighted by Crippen LogP contribution is -2.44. The number of fused-ring (bicyclic) bond motifs is 2. The molecule has 3 heterocycles. The van der Waals surface area contributed by atoms with Crippen molar-refractivity contribution in [1.29, 1.82) is 0 Å². The van der Waals surface area contributed by atoms with Crippen molar-refractivity contribution in [3.8, 4) is 0 Å². The fourth-order valence-electron chi connectivity index (χ4n) is 3.25. The summed E-state index contributed by atoms with van der Waals surface area (Å²) in [5, 5.41) is 14.0. The van der Waals surface area contributed by atoms with Crippen LogP contribution in [0.1, 0.15) is 31.4 Å². The molecular weight excluding hydrogens is 202 g/mol. The molecule has 0 aromatic carbocycles. The van der Waals surface area contributed by atoms with Crippen molar-refractivity contribution in [3.05, 3.63) is 18.0 Å². The summed E-state index contributed by atoms with van der Waals surface area (Å²) in [5.41, 5.74) is 1.27. The highest BCUT2D eigenvalue weighted by molar-refractivity contribution is 5.04. The van der Waals surface area contributed by atoms with Crippen LogP contribution in [-0.4, -0.2) is 38.0 Å². The molecule has 0 aliphatic carbocycles. The maximum atomic E-state index is 9.74. The first kappa shape index (κ1) is 10.3. The quantitative estimate of drug-likeness (QED) is 0.807. The zero-order valence-electron chi connectivity index (χ0n) is 9.71. The summed E-state index contributed by atoms with van der Waals surface area (Å²) in [6.45, 7) is 0.985. The lowest BCUT2D eigenvalue weighted by molar-refractivity contribution is 0.0298. The highest BCUT2D eigenvalue weighted by atomic mass is 16.3. The first-order valence-corrected chi connectivity index (χ1v) is 6.14. The maximum absolute atomic E-state index is 9.74. The van der Waals surface area contributed by atoms with E-state index in [0.29, 0.717) is 12.1 Å². The molecule has 0 amide bonds. The normalized spacial score (nSPS) is 34.5. The number of aromatic nitrogens is 2. The molecule has 1 aromatic rings. The molecule has 4 nitrogen and oxygen atoms in total. The van der Waals surface area contributed by atoms with E-state index in [1.807, 2.05) is 17.9 Å². The average Bonchev–Trinajstić information content (AvgIpc) is 2.73. The van der Waals surface area contributed by atoms with Crippen LogP contribution in [0, 0.1) is 0 Å². The standard InChI is InChI=1S/C12H19N3O/c1-14-11(4-5-13-14)8-15-9-2-3-10(15)7-12(16)6-9/h4-5,9-10,12,16H,2-3,6-8H2,1H3. The minimum atomic E-state index is -0.0692. The zero-order valence-corrected chi connectivity index (χ0v) is 9.71. The van der Waals surface area contributed by atoms with Gasteiger partial charge in [0.05, 0.1) is 11.8 Å². The third kappa shape index (κ3) is 1.66. The summed E-state index contributed by atoms with van der Waals surface area (Å²) in [7, 11) is 2.00. The molecule has 0 spiro atoms. The average molecular weight is 221 g/mol. The second kappa shape index (κ2) is 3.86. The Hall–Kier alpha value is -0.870. The third-order valence-electron chi connectivity index (χ3n) is 4.13. The van der Waals surface area contributed by atoms with Gasteiger partial charge in [-0.15, -0.1) is 0 Å². The van der Waals surface area contributed by atoms with Gasteiger partial charge in [-0.05, 0) is 31.7 Å². The fourth-order valence-corrected chi connectivity index (χ4v) is 3.25. The van der Waals surface area contributed by atoms with Crippen molar-refractivity contribution in [2.45, 2.75) is 50.4 Å². The van der Waals surface area contributed by atoms with Gasteiger partial charge >= 0.3 is 0 Å². The van der Waals surface area contributed by atoms with Crippen LogP contribution in [0.4, 0.5) is 0 Å². The largest absolute Gasteiger partial charge is 0.393 e. The number of rotatable bonds is 2. The molecule has 1 N–H and O–H groups in total. The summed E-state index contributed by atoms with van der Waals surface area (Å²) in [6, 6.07) is 3.26. The number of hydrogen-bond acceptors (Lipinski definition) is 3. The number of aliphatic hydroxyl groups excluding tert-OH is 1. The van der Waals surface area contributed by atoms with Crippen molar-refractivity contribution < 1.29 is 5.11 Å². The Labute approximate surface area is 95.9 Å². The zero-order chi connectivity index (χ0) is 11.1. The monoisotopic (exact) mass is 221 g/mol. The molecule has 2 unspecified atom stereocenters. The predicted octanol–water partition coefficient (Wildman–Crippen LogP) is 0.908. The summed E-state index contributed by atoms with van der Waals surface area (Å²) >= 11 is 0. The number of piperidine rings is 1. The Morgan fingerprint density at radius 1 is 1.38 bits per heavy atom. The molecule has 16 heavy (non-hydrogen) atoms. The smallest absolute Gasteiger partial charge is 0.0570 e. The SMILES string of the molecule is Cn1nccc1CN1C2CCC1CC(O)C2. The van der Waals surface area contributed by atoms with Gasteiger partial charge in [-0.25, -0.2) is 0 Å². The van der Waals surface area contributed by atoms with Gasteiger partial charge in [0, 0.05) is 31.9 Å². The second-order valence-corrected chi connectivity index (χ2v) is 5.13. The topological polar surface area (TPSA) is 41.3 Å². The van der Waals surface area contributed by atoms with E-state index in [4.69, 9.17) is 0 Å². The summed E-state index contributed by atoms with van der Waals surface area (Å²) < 4.78 is 1.95. The van der Waals surface area contributed by atoms with Crippen LogP contribution in [0.3, 0.4) is 0 Å². The molecule has 88 valence electrons. The molecule has 1 aromatic heterocycles. The van der Waals surface area contributed by atoms with Gasteiger partial charge in [0.1, 0.15) is 0 Å². The van der Waals surface area contributed by atoms with E-state index < -0.39 is 0 Å². The molecule has 2 atom stereocenters. The lowest BCUT2D eigenvalue weighted by Gasteiger charge is -2.37. The molecule has 2 aliphatic heterocycles. The van der Waals surface area contributed by atoms with E-state index in [1.165, 1.54) is 18.5 Å². The second-order valence-electron chi connectivity index (χ2n) is 5.13. The van der Waals surface area contributed by atoms with Crippen LogP contribution in [-0.2, 0) is 13.6 Å². The number of aliphatic hydroxyl groups is 1. The minimum absolute atomic E-state index is 0.0692. The van der Waals surface area contributed by atoms with Crippen LogP contribution in [0.2, 0.25) is 0 Å². The summed E-state index contributed by atoms with van der Waals surface area (Å²) in [4.78, 5) is 2.56. The minimum Gasteiger partial charge on any atom is -0.393 e. The molecule has 0 saturated carbocycles. The van der Waals surface area contributed by atoms with E-state index in [2.05, 4.69) is 16.1 Å². The highest BCUT2D eigenvalue weighted by Crippen LogP contribution is 2.36. The van der Waals surface area contributed by atoms with Crippen molar-refractivity contribution >= 4 is 0 Å². The van der Waals surface area contributed by atoms with E-state index in [1.54, 1.807) is 0 Å². The molecule has 2 saturated heterocycles. The van der Waals surface area contributed by atoms with Gasteiger partial charge < -0.3 is 5.11 Å². The molecule has 3 rings (SSSR count). The maximum Gasteiger partial charge on any atom is 0.0570 e. The van der Waals surface area contributed by atoms with Gasteiger partial charge in [0.2, 0.25) is 0 Å². The van der Waals surface area contributed by atoms with Crippen LogP contribution in [0.5, 0.6) is 0 Å². The molecule has 4 heteroatoms. The van der Waals surface area contributed by atoms with E-state index in [0.717, 1.165) is 19.4 Å². The van der Waals surface area contributed by atoms with Crippen LogP contribution < -0.4 is 0 Å². The van der Waals surface area contributed by atoms with Crippen LogP contribution in [0.15, 0.2) is 12.3 Å². The Morgan fingerprint density at radius 2 is 2.06 bits per heavy atom. The van der Waals surface area contributed by atoms with Crippen molar-refractivity contribution in [2.75, 3.05) is 0 Å². The first-order valence-electron chi connectivity index (χ1n) is 6.14. The van der Waals surface area contributed by atoms with Gasteiger partial charge in [-0.2, -0.15) is 5.10 Å². The summed E-state index contributed by atoms with van der Waals surface area (Å²) in [6.07, 6.45) is 6.19. The van der Waals surface area contributed by atoms with Crippen molar-refractivity contribution in [3.63, 3.8) is 0 Å². The van der Waals surface area contributed by atoms with E-state index in [-0.39, 0.29) is 6.10 Å². The summed E-state index contributed by atoms with van der Waals surface area (Å²) in [5.74, 6) is 0. The molecule has 2 aliphatic rings. The number of nitrogens with zero attached hydrogens (tertiary/aromatic N) is 3.